The Bertz CT molecular complexity index is 596. The number of nitrogens with one attached hydrogen (secondary N) is 1. The maximum atomic E-state index is 11.9. The molecule has 2 atom stereocenters. The zero-order chi connectivity index (χ0) is 14.7. The molecule has 0 radical (unpaired) electrons. The van der Waals surface area contributed by atoms with E-state index in [-0.39, 0.29) is 12.0 Å². The highest BCUT2D eigenvalue weighted by molar-refractivity contribution is 8.01. The summed E-state index contributed by atoms with van der Waals surface area (Å²) in [5, 5.41) is 12.4. The second kappa shape index (κ2) is 6.77. The number of carbonyl (C=O) groups is 1. The van der Waals surface area contributed by atoms with Crippen molar-refractivity contribution in [3.63, 3.8) is 0 Å². The molecular formula is C15H18N2O2S2. The van der Waals surface area contributed by atoms with Crippen molar-refractivity contribution in [2.24, 2.45) is 5.92 Å². The van der Waals surface area contributed by atoms with Crippen LogP contribution in [0.1, 0.15) is 19.3 Å². The molecule has 1 heterocycles. The van der Waals surface area contributed by atoms with E-state index in [1.165, 1.54) is 11.8 Å². The normalized spacial score (nSPS) is 21.8. The third-order valence-electron chi connectivity index (χ3n) is 3.70. The second-order valence-electron chi connectivity index (χ2n) is 5.37. The van der Waals surface area contributed by atoms with Crippen molar-refractivity contribution >= 4 is 39.2 Å². The molecule has 4 nitrogen and oxygen atoms in total. The number of nitrogens with zero attached hydrogens (tertiary/aromatic N) is 1. The third-order valence-corrected chi connectivity index (χ3v) is 5.88. The third kappa shape index (κ3) is 3.96. The number of carbonyl (C=O) groups excluding carboxylic acids is 1. The van der Waals surface area contributed by atoms with Gasteiger partial charge in [0.1, 0.15) is 0 Å². The lowest BCUT2D eigenvalue weighted by Crippen LogP contribution is -2.30. The molecule has 1 aromatic carbocycles. The molecule has 2 unspecified atom stereocenters. The van der Waals surface area contributed by atoms with Crippen LogP contribution in [0, 0.1) is 5.92 Å². The van der Waals surface area contributed by atoms with Crippen molar-refractivity contribution < 1.29 is 9.90 Å². The summed E-state index contributed by atoms with van der Waals surface area (Å²) in [6.07, 6.45) is 2.50. The van der Waals surface area contributed by atoms with Crippen molar-refractivity contribution in [2.75, 3.05) is 12.3 Å². The van der Waals surface area contributed by atoms with E-state index < -0.39 is 0 Å². The zero-order valence-corrected chi connectivity index (χ0v) is 13.3. The molecule has 0 saturated heterocycles. The van der Waals surface area contributed by atoms with Crippen LogP contribution in [0.4, 0.5) is 0 Å². The Morgan fingerprint density at radius 3 is 3.05 bits per heavy atom. The van der Waals surface area contributed by atoms with Crippen molar-refractivity contribution in [3.8, 4) is 0 Å². The summed E-state index contributed by atoms with van der Waals surface area (Å²) >= 11 is 3.11. The topological polar surface area (TPSA) is 62.2 Å². The molecule has 1 aliphatic rings. The summed E-state index contributed by atoms with van der Waals surface area (Å²) in [7, 11) is 0. The Morgan fingerprint density at radius 1 is 1.43 bits per heavy atom. The SMILES string of the molecule is O=C(CSc1nc2ccccc2s1)NCC1CCC(O)C1. The Balaban J connectivity index is 1.45. The molecule has 21 heavy (non-hydrogen) atoms. The molecule has 2 aromatic rings. The van der Waals surface area contributed by atoms with E-state index >= 15 is 0 Å². The maximum Gasteiger partial charge on any atom is 0.230 e. The van der Waals surface area contributed by atoms with Crippen LogP contribution in [-0.2, 0) is 4.79 Å². The summed E-state index contributed by atoms with van der Waals surface area (Å²) in [6.45, 7) is 0.677. The predicted molar refractivity (Wildman–Crippen MR) is 86.7 cm³/mol. The van der Waals surface area contributed by atoms with Crippen molar-refractivity contribution in [1.29, 1.82) is 0 Å². The van der Waals surface area contributed by atoms with Crippen LogP contribution in [0.5, 0.6) is 0 Å². The number of aliphatic hydroxyl groups excluding tert-OH is 1. The van der Waals surface area contributed by atoms with E-state index in [1.54, 1.807) is 11.3 Å². The van der Waals surface area contributed by atoms with E-state index in [1.807, 2.05) is 24.3 Å². The van der Waals surface area contributed by atoms with Crippen LogP contribution < -0.4 is 5.32 Å². The average molecular weight is 322 g/mol. The zero-order valence-electron chi connectivity index (χ0n) is 11.6. The summed E-state index contributed by atoms with van der Waals surface area (Å²) in [6, 6.07) is 8.00. The molecule has 1 aliphatic carbocycles. The first kappa shape index (κ1) is 14.8. The molecular weight excluding hydrogens is 304 g/mol. The largest absolute Gasteiger partial charge is 0.393 e. The minimum absolute atomic E-state index is 0.0423. The number of thioether (sulfide) groups is 1. The van der Waals surface area contributed by atoms with E-state index in [0.29, 0.717) is 18.2 Å². The highest BCUT2D eigenvalue weighted by Gasteiger charge is 2.22. The van der Waals surface area contributed by atoms with Crippen LogP contribution in [0.25, 0.3) is 10.2 Å². The van der Waals surface area contributed by atoms with Gasteiger partial charge in [-0.1, -0.05) is 23.9 Å². The van der Waals surface area contributed by atoms with Gasteiger partial charge >= 0.3 is 0 Å². The van der Waals surface area contributed by atoms with Gasteiger partial charge in [0.05, 0.1) is 22.1 Å². The molecule has 0 bridgehead atoms. The minimum atomic E-state index is -0.177. The monoisotopic (exact) mass is 322 g/mol. The van der Waals surface area contributed by atoms with Crippen LogP contribution in [0.3, 0.4) is 0 Å². The number of rotatable bonds is 5. The summed E-state index contributed by atoms with van der Waals surface area (Å²) < 4.78 is 2.09. The Labute approximate surface area is 132 Å². The Kier molecular flexibility index (Phi) is 4.77. The number of benzene rings is 1. The van der Waals surface area contributed by atoms with Crippen molar-refractivity contribution in [2.45, 2.75) is 29.7 Å². The average Bonchev–Trinajstić information content (AvgIpc) is 3.08. The molecule has 112 valence electrons. The van der Waals surface area contributed by atoms with Gasteiger partial charge in [-0.05, 0) is 37.3 Å². The molecule has 2 N–H and O–H groups in total. The van der Waals surface area contributed by atoms with Gasteiger partial charge in [-0.2, -0.15) is 0 Å². The van der Waals surface area contributed by atoms with Crippen LogP contribution in [0.15, 0.2) is 28.6 Å². The Hall–Kier alpha value is -1.11. The number of hydrogen-bond acceptors (Lipinski definition) is 5. The van der Waals surface area contributed by atoms with Crippen LogP contribution >= 0.6 is 23.1 Å². The lowest BCUT2D eigenvalue weighted by Gasteiger charge is -2.10. The van der Waals surface area contributed by atoms with Gasteiger partial charge in [0, 0.05) is 6.54 Å². The molecule has 6 heteroatoms. The van der Waals surface area contributed by atoms with Gasteiger partial charge < -0.3 is 10.4 Å². The quantitative estimate of drug-likeness (QED) is 0.831. The standard InChI is InChI=1S/C15H18N2O2S2/c18-11-6-5-10(7-11)8-16-14(19)9-20-15-17-12-3-1-2-4-13(12)21-15/h1-4,10-11,18H,5-9H2,(H,16,19). The molecule has 3 rings (SSSR count). The first-order chi connectivity index (χ1) is 10.2. The first-order valence-corrected chi connectivity index (χ1v) is 8.94. The summed E-state index contributed by atoms with van der Waals surface area (Å²) in [5.41, 5.74) is 0.991. The van der Waals surface area contributed by atoms with Gasteiger partial charge in [0.2, 0.25) is 5.91 Å². The molecule has 0 spiro atoms. The number of fused-ring (bicyclic) bond motifs is 1. The van der Waals surface area contributed by atoms with Gasteiger partial charge in [-0.25, -0.2) is 4.98 Å². The molecule has 1 fully saturated rings. The fraction of sp³-hybridized carbons (Fsp3) is 0.467. The molecule has 1 amide bonds. The number of para-hydroxylation sites is 1. The van der Waals surface area contributed by atoms with E-state index in [9.17, 15) is 9.90 Å². The maximum absolute atomic E-state index is 11.9. The smallest absolute Gasteiger partial charge is 0.230 e. The summed E-state index contributed by atoms with van der Waals surface area (Å²) in [4.78, 5) is 16.4. The Morgan fingerprint density at radius 2 is 2.29 bits per heavy atom. The number of hydrogen-bond donors (Lipinski definition) is 2. The lowest BCUT2D eigenvalue weighted by atomic mass is 10.1. The number of aliphatic hydroxyl groups is 1. The first-order valence-electron chi connectivity index (χ1n) is 7.14. The molecule has 0 aliphatic heterocycles. The molecule has 1 aromatic heterocycles. The van der Waals surface area contributed by atoms with Gasteiger partial charge in [0.25, 0.3) is 0 Å². The predicted octanol–water partition coefficient (Wildman–Crippen LogP) is 2.67. The van der Waals surface area contributed by atoms with Crippen molar-refractivity contribution in [3.05, 3.63) is 24.3 Å². The fourth-order valence-corrected chi connectivity index (χ4v) is 4.48. The number of amides is 1. The second-order valence-corrected chi connectivity index (χ2v) is 7.63. The fourth-order valence-electron chi connectivity index (χ4n) is 2.58. The van der Waals surface area contributed by atoms with Gasteiger partial charge in [-0.3, -0.25) is 4.79 Å². The lowest BCUT2D eigenvalue weighted by molar-refractivity contribution is -0.118. The van der Waals surface area contributed by atoms with Gasteiger partial charge in [-0.15, -0.1) is 11.3 Å². The minimum Gasteiger partial charge on any atom is -0.393 e. The highest BCUT2D eigenvalue weighted by atomic mass is 32.2. The van der Waals surface area contributed by atoms with E-state index in [2.05, 4.69) is 10.3 Å². The summed E-state index contributed by atoms with van der Waals surface area (Å²) in [5.74, 6) is 0.867. The molecule has 1 saturated carbocycles. The van der Waals surface area contributed by atoms with E-state index in [4.69, 9.17) is 0 Å². The number of thiazole rings is 1. The highest BCUT2D eigenvalue weighted by Crippen LogP contribution is 2.29. The van der Waals surface area contributed by atoms with Gasteiger partial charge in [0.15, 0.2) is 4.34 Å². The number of aromatic nitrogens is 1. The van der Waals surface area contributed by atoms with E-state index in [0.717, 1.165) is 33.8 Å². The van der Waals surface area contributed by atoms with Crippen molar-refractivity contribution in [1.82, 2.24) is 10.3 Å². The van der Waals surface area contributed by atoms with Crippen LogP contribution in [0.2, 0.25) is 0 Å². The van der Waals surface area contributed by atoms with Crippen LogP contribution in [-0.4, -0.2) is 34.4 Å².